The van der Waals surface area contributed by atoms with Gasteiger partial charge < -0.3 is 5.32 Å². The molecule has 128 valence electrons. The second-order valence-electron chi connectivity index (χ2n) is 6.04. The molecule has 0 fully saturated rings. The summed E-state index contributed by atoms with van der Waals surface area (Å²) in [5, 5.41) is 5.47. The van der Waals surface area contributed by atoms with Crippen LogP contribution in [0.25, 0.3) is 10.2 Å². The average Bonchev–Trinajstić information content (AvgIpc) is 3.16. The molecule has 7 heteroatoms. The third kappa shape index (κ3) is 3.38. The molecule has 0 saturated heterocycles. The van der Waals surface area contributed by atoms with E-state index in [4.69, 9.17) is 11.6 Å². The first kappa shape index (κ1) is 16.8. The van der Waals surface area contributed by atoms with Crippen LogP contribution in [0.2, 0.25) is 5.02 Å². The van der Waals surface area contributed by atoms with Crippen molar-refractivity contribution in [2.75, 3.05) is 11.1 Å². The van der Waals surface area contributed by atoms with Gasteiger partial charge in [0.05, 0.1) is 16.5 Å². The third-order valence-corrected chi connectivity index (χ3v) is 6.71. The zero-order valence-corrected chi connectivity index (χ0v) is 16.0. The second-order valence-corrected chi connectivity index (χ2v) is 8.49. The molecule has 1 aromatic carbocycles. The largest absolute Gasteiger partial charge is 0.324 e. The van der Waals surface area contributed by atoms with Crippen molar-refractivity contribution in [3.05, 3.63) is 45.6 Å². The van der Waals surface area contributed by atoms with Crippen molar-refractivity contribution in [2.24, 2.45) is 0 Å². The number of rotatable bonds is 4. The summed E-state index contributed by atoms with van der Waals surface area (Å²) in [6.45, 7) is 1.97. The number of aryl methyl sites for hydroxylation is 3. The Labute approximate surface area is 159 Å². The van der Waals surface area contributed by atoms with Crippen LogP contribution >= 0.6 is 34.7 Å². The quantitative estimate of drug-likeness (QED) is 0.510. The molecule has 4 rings (SSSR count). The number of thiophene rings is 1. The Balaban J connectivity index is 1.50. The molecule has 1 N–H and O–H groups in total. The smallest absolute Gasteiger partial charge is 0.234 e. The lowest BCUT2D eigenvalue weighted by Crippen LogP contribution is -2.14. The molecule has 0 unspecified atom stereocenters. The number of carbonyl (C=O) groups excluding carboxylic acids is 1. The molecule has 3 aromatic rings. The van der Waals surface area contributed by atoms with Crippen molar-refractivity contribution < 1.29 is 4.79 Å². The van der Waals surface area contributed by atoms with E-state index in [2.05, 4.69) is 15.3 Å². The highest BCUT2D eigenvalue weighted by Gasteiger charge is 2.21. The van der Waals surface area contributed by atoms with Gasteiger partial charge in [-0.15, -0.1) is 11.3 Å². The summed E-state index contributed by atoms with van der Waals surface area (Å²) in [5.41, 5.74) is 3.08. The number of nitrogens with zero attached hydrogens (tertiary/aromatic N) is 2. The third-order valence-electron chi connectivity index (χ3n) is 4.21. The maximum Gasteiger partial charge on any atom is 0.234 e. The van der Waals surface area contributed by atoms with Gasteiger partial charge in [-0.2, -0.15) is 0 Å². The van der Waals surface area contributed by atoms with E-state index in [9.17, 15) is 4.79 Å². The van der Waals surface area contributed by atoms with E-state index in [-0.39, 0.29) is 5.91 Å². The van der Waals surface area contributed by atoms with Crippen molar-refractivity contribution in [1.82, 2.24) is 9.97 Å². The molecule has 0 spiro atoms. The van der Waals surface area contributed by atoms with Crippen LogP contribution < -0.4 is 5.32 Å². The van der Waals surface area contributed by atoms with Crippen LogP contribution in [0.15, 0.2) is 29.6 Å². The average molecular weight is 390 g/mol. The molecule has 1 amide bonds. The van der Waals surface area contributed by atoms with Crippen LogP contribution in [0, 0.1) is 6.92 Å². The Morgan fingerprint density at radius 3 is 3.08 bits per heavy atom. The van der Waals surface area contributed by atoms with Crippen molar-refractivity contribution >= 4 is 56.5 Å². The summed E-state index contributed by atoms with van der Waals surface area (Å²) < 4.78 is 0. The van der Waals surface area contributed by atoms with Crippen LogP contribution in [0.4, 0.5) is 5.69 Å². The molecule has 0 radical (unpaired) electrons. The number of hydrogen-bond donors (Lipinski definition) is 1. The summed E-state index contributed by atoms with van der Waals surface area (Å²) >= 11 is 9.39. The van der Waals surface area contributed by atoms with Crippen molar-refractivity contribution in [1.29, 1.82) is 0 Å². The maximum absolute atomic E-state index is 12.3. The molecule has 1 aliphatic carbocycles. The van der Waals surface area contributed by atoms with E-state index in [0.717, 1.165) is 33.6 Å². The molecule has 0 atom stereocenters. The fraction of sp³-hybridized carbons (Fsp3) is 0.278. The minimum Gasteiger partial charge on any atom is -0.324 e. The van der Waals surface area contributed by atoms with Gasteiger partial charge in [-0.1, -0.05) is 29.4 Å². The highest BCUT2D eigenvalue weighted by Crippen LogP contribution is 2.40. The highest BCUT2D eigenvalue weighted by atomic mass is 35.5. The zero-order chi connectivity index (χ0) is 17.4. The van der Waals surface area contributed by atoms with Gasteiger partial charge in [0.2, 0.25) is 5.91 Å². The van der Waals surface area contributed by atoms with Crippen LogP contribution in [-0.2, 0) is 17.6 Å². The standard InChI is InChI=1S/C18H16ClN3OS2/c1-10-5-6-13(12(19)7-10)22-15(23)8-24-17-16-11-3-2-4-14(11)25-18(16)21-9-20-17/h5-7,9H,2-4,8H2,1H3,(H,22,23). The number of hydrogen-bond acceptors (Lipinski definition) is 5. The second kappa shape index (κ2) is 6.94. The number of carbonyl (C=O) groups is 1. The minimum atomic E-state index is -0.0885. The monoisotopic (exact) mass is 389 g/mol. The van der Waals surface area contributed by atoms with E-state index < -0.39 is 0 Å². The Morgan fingerprint density at radius 1 is 1.36 bits per heavy atom. The van der Waals surface area contributed by atoms with E-state index in [1.807, 2.05) is 25.1 Å². The van der Waals surface area contributed by atoms with Gasteiger partial charge in [0, 0.05) is 10.3 Å². The van der Waals surface area contributed by atoms with Crippen molar-refractivity contribution in [2.45, 2.75) is 31.2 Å². The fourth-order valence-corrected chi connectivity index (χ4v) is 5.45. The first-order chi connectivity index (χ1) is 12.1. The Hall–Kier alpha value is -1.63. The van der Waals surface area contributed by atoms with Crippen molar-refractivity contribution in [3.8, 4) is 0 Å². The van der Waals surface area contributed by atoms with E-state index in [0.29, 0.717) is 16.5 Å². The number of benzene rings is 1. The van der Waals surface area contributed by atoms with Crippen LogP contribution in [0.3, 0.4) is 0 Å². The lowest BCUT2D eigenvalue weighted by Gasteiger charge is -2.08. The SMILES string of the molecule is Cc1ccc(NC(=O)CSc2ncnc3sc4c(c23)CCC4)c(Cl)c1. The number of fused-ring (bicyclic) bond motifs is 3. The predicted molar refractivity (Wildman–Crippen MR) is 105 cm³/mol. The van der Waals surface area contributed by atoms with Gasteiger partial charge in [0.15, 0.2) is 0 Å². The van der Waals surface area contributed by atoms with Crippen molar-refractivity contribution in [3.63, 3.8) is 0 Å². The summed E-state index contributed by atoms with van der Waals surface area (Å²) in [4.78, 5) is 23.6. The number of halogens is 1. The maximum atomic E-state index is 12.3. The highest BCUT2D eigenvalue weighted by molar-refractivity contribution is 8.00. The molecule has 25 heavy (non-hydrogen) atoms. The topological polar surface area (TPSA) is 54.9 Å². The summed E-state index contributed by atoms with van der Waals surface area (Å²) in [6, 6.07) is 5.60. The minimum absolute atomic E-state index is 0.0885. The molecular weight excluding hydrogens is 374 g/mol. The molecule has 1 aliphatic rings. The first-order valence-corrected chi connectivity index (χ1v) is 10.2. The molecule has 2 heterocycles. The lowest BCUT2D eigenvalue weighted by molar-refractivity contribution is -0.113. The van der Waals surface area contributed by atoms with Gasteiger partial charge >= 0.3 is 0 Å². The summed E-state index contributed by atoms with van der Waals surface area (Å²) in [7, 11) is 0. The van der Waals surface area contributed by atoms with Crippen LogP contribution in [-0.4, -0.2) is 21.6 Å². The molecule has 2 aromatic heterocycles. The van der Waals surface area contributed by atoms with E-state index >= 15 is 0 Å². The number of anilines is 1. The number of thioether (sulfide) groups is 1. The number of nitrogens with one attached hydrogen (secondary N) is 1. The summed E-state index contributed by atoms with van der Waals surface area (Å²) in [5.74, 6) is 0.204. The molecule has 0 saturated carbocycles. The van der Waals surface area contributed by atoms with Gasteiger partial charge in [-0.3, -0.25) is 4.79 Å². The van der Waals surface area contributed by atoms with Gasteiger partial charge in [-0.25, -0.2) is 9.97 Å². The Bertz CT molecular complexity index is 970. The zero-order valence-electron chi connectivity index (χ0n) is 13.6. The van der Waals surface area contributed by atoms with Gasteiger partial charge in [0.25, 0.3) is 0 Å². The van der Waals surface area contributed by atoms with Gasteiger partial charge in [0.1, 0.15) is 16.2 Å². The van der Waals surface area contributed by atoms with E-state index in [1.165, 1.54) is 28.6 Å². The lowest BCUT2D eigenvalue weighted by atomic mass is 10.2. The number of aromatic nitrogens is 2. The molecule has 0 aliphatic heterocycles. The van der Waals surface area contributed by atoms with Gasteiger partial charge in [-0.05, 0) is 49.4 Å². The molecule has 0 bridgehead atoms. The van der Waals surface area contributed by atoms with Crippen LogP contribution in [0.1, 0.15) is 22.4 Å². The van der Waals surface area contributed by atoms with Crippen LogP contribution in [0.5, 0.6) is 0 Å². The molecule has 4 nitrogen and oxygen atoms in total. The summed E-state index contributed by atoms with van der Waals surface area (Å²) in [6.07, 6.45) is 5.00. The Kier molecular flexibility index (Phi) is 4.67. The fourth-order valence-electron chi connectivity index (χ4n) is 3.05. The Morgan fingerprint density at radius 2 is 2.24 bits per heavy atom. The first-order valence-electron chi connectivity index (χ1n) is 8.06. The predicted octanol–water partition coefficient (Wildman–Crippen LogP) is 4.87. The van der Waals surface area contributed by atoms with E-state index in [1.54, 1.807) is 17.7 Å². The molecular formula is C18H16ClN3OS2. The number of amides is 1. The normalized spacial score (nSPS) is 13.2.